The first-order chi connectivity index (χ1) is 9.88. The fourth-order valence-electron chi connectivity index (χ4n) is 2.14. The van der Waals surface area contributed by atoms with Crippen LogP contribution in [-0.4, -0.2) is 21.6 Å². The number of imidazole rings is 1. The molecule has 1 heterocycles. The first-order valence-electron chi connectivity index (χ1n) is 7.32. The second-order valence-corrected chi connectivity index (χ2v) is 7.25. The van der Waals surface area contributed by atoms with Gasteiger partial charge >= 0.3 is 0 Å². The van der Waals surface area contributed by atoms with E-state index in [9.17, 15) is 0 Å². The van der Waals surface area contributed by atoms with Crippen molar-refractivity contribution in [1.82, 2.24) is 9.97 Å². The smallest absolute Gasteiger partial charge is 0.166 e. The Morgan fingerprint density at radius 3 is 2.86 bits per heavy atom. The summed E-state index contributed by atoms with van der Waals surface area (Å²) in [7, 11) is 0. The third kappa shape index (κ3) is 4.24. The summed E-state index contributed by atoms with van der Waals surface area (Å²) in [4.78, 5) is 7.94. The van der Waals surface area contributed by atoms with Crippen LogP contribution >= 0.6 is 11.8 Å². The molecule has 0 saturated heterocycles. The second-order valence-electron chi connectivity index (χ2n) is 6.17. The van der Waals surface area contributed by atoms with Crippen LogP contribution in [0.2, 0.25) is 0 Å². The molecule has 0 aliphatic heterocycles. The lowest BCUT2D eigenvalue weighted by atomic mass is 9.86. The van der Waals surface area contributed by atoms with Crippen LogP contribution in [0.25, 0.3) is 11.0 Å². The SMILES string of the molecule is Cc1ccc2nc(SCCCCC(C)(C)C(=N)N)[nH]c2c1. The number of thioether (sulfide) groups is 1. The zero-order valence-electron chi connectivity index (χ0n) is 13.0. The maximum Gasteiger partial charge on any atom is 0.166 e. The molecule has 2 rings (SSSR count). The highest BCUT2D eigenvalue weighted by atomic mass is 32.2. The van der Waals surface area contributed by atoms with E-state index in [1.165, 1.54) is 5.56 Å². The number of nitrogens with two attached hydrogens (primary N) is 1. The molecule has 0 bridgehead atoms. The number of aryl methyl sites for hydroxylation is 1. The molecule has 4 N–H and O–H groups in total. The average Bonchev–Trinajstić information content (AvgIpc) is 2.79. The minimum atomic E-state index is -0.179. The summed E-state index contributed by atoms with van der Waals surface area (Å²) in [5, 5.41) is 8.54. The minimum absolute atomic E-state index is 0.179. The Kier molecular flexibility index (Phi) is 4.93. The van der Waals surface area contributed by atoms with E-state index in [0.29, 0.717) is 0 Å². The topological polar surface area (TPSA) is 78.6 Å². The molecular formula is C16H24N4S. The van der Waals surface area contributed by atoms with Gasteiger partial charge in [-0.2, -0.15) is 0 Å². The van der Waals surface area contributed by atoms with Crippen molar-refractivity contribution in [2.24, 2.45) is 11.1 Å². The molecule has 2 aromatic rings. The molecule has 4 nitrogen and oxygen atoms in total. The summed E-state index contributed by atoms with van der Waals surface area (Å²) in [6, 6.07) is 6.27. The highest BCUT2D eigenvalue weighted by Crippen LogP contribution is 2.25. The summed E-state index contributed by atoms with van der Waals surface area (Å²) in [5.74, 6) is 1.31. The number of rotatable bonds is 7. The predicted molar refractivity (Wildman–Crippen MR) is 91.1 cm³/mol. The van der Waals surface area contributed by atoms with Crippen molar-refractivity contribution in [2.75, 3.05) is 5.75 Å². The van der Waals surface area contributed by atoms with Crippen molar-refractivity contribution in [3.8, 4) is 0 Å². The number of aromatic nitrogens is 2. The first kappa shape index (κ1) is 15.9. The third-order valence-electron chi connectivity index (χ3n) is 3.78. The summed E-state index contributed by atoms with van der Waals surface area (Å²) in [6.07, 6.45) is 3.15. The summed E-state index contributed by atoms with van der Waals surface area (Å²) in [5.41, 5.74) is 8.80. The standard InChI is InChI=1S/C16H24N4S/c1-11-6-7-12-13(10-11)20-15(19-12)21-9-5-4-8-16(2,3)14(17)18/h6-7,10H,4-5,8-9H2,1-3H3,(H3,17,18)(H,19,20). The Balaban J connectivity index is 1.79. The normalized spacial score (nSPS) is 12.0. The monoisotopic (exact) mass is 304 g/mol. The van der Waals surface area contributed by atoms with Gasteiger partial charge in [0.15, 0.2) is 5.16 Å². The maximum absolute atomic E-state index is 7.55. The lowest BCUT2D eigenvalue weighted by Crippen LogP contribution is -2.30. The van der Waals surface area contributed by atoms with E-state index in [1.807, 2.05) is 13.8 Å². The van der Waals surface area contributed by atoms with Gasteiger partial charge in [-0.05, 0) is 37.5 Å². The van der Waals surface area contributed by atoms with Crippen molar-refractivity contribution in [2.45, 2.75) is 45.2 Å². The molecule has 21 heavy (non-hydrogen) atoms. The van der Waals surface area contributed by atoms with Crippen LogP contribution in [0.1, 0.15) is 38.7 Å². The minimum Gasteiger partial charge on any atom is -0.387 e. The third-order valence-corrected chi connectivity index (χ3v) is 4.74. The van der Waals surface area contributed by atoms with Crippen LogP contribution in [0.4, 0.5) is 0 Å². The summed E-state index contributed by atoms with van der Waals surface area (Å²) in [6.45, 7) is 6.15. The largest absolute Gasteiger partial charge is 0.387 e. The molecule has 0 aliphatic carbocycles. The number of hydrogen-bond donors (Lipinski definition) is 3. The van der Waals surface area contributed by atoms with Crippen molar-refractivity contribution < 1.29 is 0 Å². The van der Waals surface area contributed by atoms with Gasteiger partial charge in [0.05, 0.1) is 16.9 Å². The quantitative estimate of drug-likeness (QED) is 0.312. The molecule has 0 radical (unpaired) electrons. The second kappa shape index (κ2) is 6.52. The van der Waals surface area contributed by atoms with E-state index < -0.39 is 0 Å². The molecule has 1 aromatic heterocycles. The van der Waals surface area contributed by atoms with Crippen molar-refractivity contribution in [3.63, 3.8) is 0 Å². The fourth-order valence-corrected chi connectivity index (χ4v) is 3.03. The summed E-state index contributed by atoms with van der Waals surface area (Å²) >= 11 is 1.76. The average molecular weight is 304 g/mol. The fraction of sp³-hybridized carbons (Fsp3) is 0.500. The van der Waals surface area contributed by atoms with Gasteiger partial charge in [-0.1, -0.05) is 38.1 Å². The lowest BCUT2D eigenvalue weighted by Gasteiger charge is -2.22. The highest BCUT2D eigenvalue weighted by molar-refractivity contribution is 7.99. The van der Waals surface area contributed by atoms with E-state index >= 15 is 0 Å². The number of nitrogens with one attached hydrogen (secondary N) is 2. The van der Waals surface area contributed by atoms with Crippen LogP contribution in [0.15, 0.2) is 23.4 Å². The number of unbranched alkanes of at least 4 members (excludes halogenated alkanes) is 1. The van der Waals surface area contributed by atoms with Crippen LogP contribution in [0.5, 0.6) is 0 Å². The molecule has 0 amide bonds. The van der Waals surface area contributed by atoms with E-state index in [2.05, 4.69) is 35.1 Å². The van der Waals surface area contributed by atoms with Crippen molar-refractivity contribution in [1.29, 1.82) is 5.41 Å². The number of hydrogen-bond acceptors (Lipinski definition) is 3. The van der Waals surface area contributed by atoms with Gasteiger partial charge in [0.25, 0.3) is 0 Å². The molecule has 0 spiro atoms. The van der Waals surface area contributed by atoms with Gasteiger partial charge in [-0.3, -0.25) is 5.41 Å². The molecule has 0 unspecified atom stereocenters. The number of nitrogens with zero attached hydrogens (tertiary/aromatic N) is 1. The van der Waals surface area contributed by atoms with Crippen molar-refractivity contribution >= 4 is 28.6 Å². The summed E-state index contributed by atoms with van der Waals surface area (Å²) < 4.78 is 0. The van der Waals surface area contributed by atoms with Crippen LogP contribution in [0.3, 0.4) is 0 Å². The van der Waals surface area contributed by atoms with Crippen LogP contribution in [-0.2, 0) is 0 Å². The number of aromatic amines is 1. The van der Waals surface area contributed by atoms with Crippen LogP contribution < -0.4 is 5.73 Å². The van der Waals surface area contributed by atoms with Gasteiger partial charge in [-0.15, -0.1) is 0 Å². The molecule has 0 fully saturated rings. The highest BCUT2D eigenvalue weighted by Gasteiger charge is 2.20. The Bertz CT molecular complexity index is 630. The van der Waals surface area contributed by atoms with Crippen molar-refractivity contribution in [3.05, 3.63) is 23.8 Å². The Morgan fingerprint density at radius 2 is 2.14 bits per heavy atom. The zero-order chi connectivity index (χ0) is 15.5. The molecule has 1 aromatic carbocycles. The number of amidine groups is 1. The van der Waals surface area contributed by atoms with E-state index in [4.69, 9.17) is 11.1 Å². The predicted octanol–water partition coefficient (Wildman–Crippen LogP) is 4.10. The van der Waals surface area contributed by atoms with Gasteiger partial charge < -0.3 is 10.7 Å². The Hall–Kier alpha value is -1.49. The van der Waals surface area contributed by atoms with Crippen LogP contribution in [0, 0.1) is 17.7 Å². The Labute approximate surface area is 130 Å². The molecular weight excluding hydrogens is 280 g/mol. The van der Waals surface area contributed by atoms with E-state index in [1.54, 1.807) is 11.8 Å². The molecule has 0 aliphatic rings. The first-order valence-corrected chi connectivity index (χ1v) is 8.31. The van der Waals surface area contributed by atoms with Gasteiger partial charge in [0, 0.05) is 11.2 Å². The zero-order valence-corrected chi connectivity index (χ0v) is 13.8. The van der Waals surface area contributed by atoms with Gasteiger partial charge in [0.1, 0.15) is 0 Å². The molecule has 0 atom stereocenters. The number of H-pyrrole nitrogens is 1. The Morgan fingerprint density at radius 1 is 1.38 bits per heavy atom. The molecule has 0 saturated carbocycles. The molecule has 114 valence electrons. The molecule has 5 heteroatoms. The van der Waals surface area contributed by atoms with E-state index in [-0.39, 0.29) is 11.3 Å². The van der Waals surface area contributed by atoms with Gasteiger partial charge in [-0.25, -0.2) is 4.98 Å². The van der Waals surface area contributed by atoms with E-state index in [0.717, 1.165) is 41.2 Å². The number of benzene rings is 1. The van der Waals surface area contributed by atoms with Gasteiger partial charge in [0.2, 0.25) is 0 Å². The maximum atomic E-state index is 7.55. The number of fused-ring (bicyclic) bond motifs is 1. The lowest BCUT2D eigenvalue weighted by molar-refractivity contribution is 0.448.